The van der Waals surface area contributed by atoms with E-state index in [2.05, 4.69) is 25.3 Å². The van der Waals surface area contributed by atoms with Crippen molar-refractivity contribution in [3.8, 4) is 0 Å². The van der Waals surface area contributed by atoms with Crippen LogP contribution >= 0.6 is 0 Å². The third-order valence-corrected chi connectivity index (χ3v) is 5.03. The lowest BCUT2D eigenvalue weighted by molar-refractivity contribution is 0.0683. The van der Waals surface area contributed by atoms with Crippen LogP contribution in [0.5, 0.6) is 0 Å². The van der Waals surface area contributed by atoms with Crippen LogP contribution in [0.3, 0.4) is 0 Å². The van der Waals surface area contributed by atoms with Gasteiger partial charge in [0, 0.05) is 26.7 Å². The smallest absolute Gasteiger partial charge is 0.246 e. The molecule has 1 aliphatic carbocycles. The fraction of sp³-hybridized carbons (Fsp3) is 0.812. The minimum Gasteiger partial charge on any atom is -0.371 e. The molecule has 7 nitrogen and oxygen atoms in total. The number of guanidine groups is 1. The summed E-state index contributed by atoms with van der Waals surface area (Å²) in [6.07, 6.45) is 5.24. The molecule has 7 heteroatoms. The maximum atomic E-state index is 5.47. The molecule has 23 heavy (non-hydrogen) atoms. The van der Waals surface area contributed by atoms with Gasteiger partial charge in [0.05, 0.1) is 6.54 Å². The summed E-state index contributed by atoms with van der Waals surface area (Å²) in [5.74, 6) is 2.07. The molecule has 0 radical (unpaired) electrons. The molecule has 1 aliphatic heterocycles. The van der Waals surface area contributed by atoms with E-state index in [1.165, 1.54) is 25.7 Å². The van der Waals surface area contributed by atoms with Crippen LogP contribution in [-0.2, 0) is 11.3 Å². The third-order valence-electron chi connectivity index (χ3n) is 5.03. The molecule has 1 atom stereocenters. The Morgan fingerprint density at radius 3 is 2.91 bits per heavy atom. The van der Waals surface area contributed by atoms with Crippen LogP contribution in [-0.4, -0.2) is 47.7 Å². The molecule has 1 unspecified atom stereocenters. The number of aromatic nitrogens is 2. The Morgan fingerprint density at radius 1 is 1.48 bits per heavy atom. The van der Waals surface area contributed by atoms with Gasteiger partial charge in [-0.1, -0.05) is 11.6 Å². The second-order valence-electron chi connectivity index (χ2n) is 6.57. The van der Waals surface area contributed by atoms with Gasteiger partial charge in [-0.15, -0.1) is 0 Å². The number of hydrogen-bond acceptors (Lipinski definition) is 5. The van der Waals surface area contributed by atoms with Crippen LogP contribution in [0, 0.1) is 5.41 Å². The van der Waals surface area contributed by atoms with E-state index >= 15 is 0 Å². The van der Waals surface area contributed by atoms with Crippen LogP contribution in [0.2, 0.25) is 0 Å². The third kappa shape index (κ3) is 3.49. The number of nitrogens with zero attached hydrogens (tertiary/aromatic N) is 4. The summed E-state index contributed by atoms with van der Waals surface area (Å²) in [6.45, 7) is 7.19. The first-order valence-electron chi connectivity index (χ1n) is 8.55. The van der Waals surface area contributed by atoms with E-state index < -0.39 is 0 Å². The lowest BCUT2D eigenvalue weighted by Gasteiger charge is -2.38. The van der Waals surface area contributed by atoms with Crippen molar-refractivity contribution in [1.82, 2.24) is 20.4 Å². The highest BCUT2D eigenvalue weighted by Crippen LogP contribution is 2.47. The molecular weight excluding hydrogens is 294 g/mol. The predicted octanol–water partition coefficient (Wildman–Crippen LogP) is 2.12. The maximum absolute atomic E-state index is 5.47. The SMILES string of the molecule is CCOC(C)c1noc(CNC(=NC)N2CCC3(CCC3)C2)n1. The van der Waals surface area contributed by atoms with Crippen LogP contribution in [0.1, 0.15) is 57.3 Å². The maximum Gasteiger partial charge on any atom is 0.246 e. The fourth-order valence-corrected chi connectivity index (χ4v) is 3.52. The van der Waals surface area contributed by atoms with E-state index in [0.717, 1.165) is 19.0 Å². The van der Waals surface area contributed by atoms with Gasteiger partial charge >= 0.3 is 0 Å². The molecule has 128 valence electrons. The Balaban J connectivity index is 1.52. The molecule has 1 aromatic heterocycles. The lowest BCUT2D eigenvalue weighted by Crippen LogP contribution is -2.42. The summed E-state index contributed by atoms with van der Waals surface area (Å²) in [5, 5.41) is 7.31. The van der Waals surface area contributed by atoms with Crippen molar-refractivity contribution in [3.63, 3.8) is 0 Å². The second-order valence-corrected chi connectivity index (χ2v) is 6.57. The summed E-state index contributed by atoms with van der Waals surface area (Å²) in [6, 6.07) is 0. The first-order valence-corrected chi connectivity index (χ1v) is 8.55. The Bertz CT molecular complexity index is 552. The molecule has 2 aliphatic rings. The summed E-state index contributed by atoms with van der Waals surface area (Å²) in [4.78, 5) is 11.1. The number of ether oxygens (including phenoxy) is 1. The van der Waals surface area contributed by atoms with Gasteiger partial charge in [-0.25, -0.2) is 0 Å². The van der Waals surface area contributed by atoms with Crippen molar-refractivity contribution >= 4 is 5.96 Å². The van der Waals surface area contributed by atoms with Crippen molar-refractivity contribution < 1.29 is 9.26 Å². The molecule has 1 saturated carbocycles. The van der Waals surface area contributed by atoms with Gasteiger partial charge in [-0.3, -0.25) is 4.99 Å². The van der Waals surface area contributed by atoms with Gasteiger partial charge in [-0.2, -0.15) is 4.98 Å². The minimum absolute atomic E-state index is 0.145. The first-order chi connectivity index (χ1) is 11.2. The highest BCUT2D eigenvalue weighted by molar-refractivity contribution is 5.80. The van der Waals surface area contributed by atoms with Crippen molar-refractivity contribution in [2.45, 2.75) is 52.2 Å². The van der Waals surface area contributed by atoms with E-state index in [0.29, 0.717) is 30.3 Å². The number of rotatable bonds is 5. The Kier molecular flexibility index (Phi) is 4.84. The highest BCUT2D eigenvalue weighted by atomic mass is 16.5. The van der Waals surface area contributed by atoms with Crippen molar-refractivity contribution in [3.05, 3.63) is 11.7 Å². The Labute approximate surface area is 137 Å². The number of likely N-dealkylation sites (tertiary alicyclic amines) is 1. The summed E-state index contributed by atoms with van der Waals surface area (Å²) in [5.41, 5.74) is 0.558. The molecular formula is C16H27N5O2. The Hall–Kier alpha value is -1.63. The monoisotopic (exact) mass is 321 g/mol. The fourth-order valence-electron chi connectivity index (χ4n) is 3.52. The molecule has 0 bridgehead atoms. The van der Waals surface area contributed by atoms with Gasteiger partial charge in [0.15, 0.2) is 11.8 Å². The summed E-state index contributed by atoms with van der Waals surface area (Å²) in [7, 11) is 1.82. The normalized spacial score (nSPS) is 21.5. The van der Waals surface area contributed by atoms with E-state index in [1.807, 2.05) is 20.9 Å². The summed E-state index contributed by atoms with van der Waals surface area (Å²) >= 11 is 0. The number of aliphatic imine (C=N–C) groups is 1. The van der Waals surface area contributed by atoms with Gasteiger partial charge in [0.25, 0.3) is 0 Å². The molecule has 1 aromatic rings. The molecule has 1 saturated heterocycles. The predicted molar refractivity (Wildman–Crippen MR) is 87.0 cm³/mol. The van der Waals surface area contributed by atoms with Crippen LogP contribution in [0.4, 0.5) is 0 Å². The van der Waals surface area contributed by atoms with Gasteiger partial charge < -0.3 is 19.5 Å². The largest absolute Gasteiger partial charge is 0.371 e. The highest BCUT2D eigenvalue weighted by Gasteiger charge is 2.43. The zero-order valence-electron chi connectivity index (χ0n) is 14.3. The van der Waals surface area contributed by atoms with Crippen LogP contribution < -0.4 is 5.32 Å². The van der Waals surface area contributed by atoms with E-state index in [-0.39, 0.29) is 6.10 Å². The molecule has 1 N–H and O–H groups in total. The number of hydrogen-bond donors (Lipinski definition) is 1. The quantitative estimate of drug-likeness (QED) is 0.661. The van der Waals surface area contributed by atoms with Crippen LogP contribution in [0.25, 0.3) is 0 Å². The van der Waals surface area contributed by atoms with Gasteiger partial charge in [-0.05, 0) is 38.5 Å². The van der Waals surface area contributed by atoms with Crippen molar-refractivity contribution in [1.29, 1.82) is 0 Å². The van der Waals surface area contributed by atoms with E-state index in [1.54, 1.807) is 0 Å². The van der Waals surface area contributed by atoms with Crippen molar-refractivity contribution in [2.24, 2.45) is 10.4 Å². The number of nitrogens with one attached hydrogen (secondary N) is 1. The van der Waals surface area contributed by atoms with Crippen molar-refractivity contribution in [2.75, 3.05) is 26.7 Å². The van der Waals surface area contributed by atoms with E-state index in [4.69, 9.17) is 9.26 Å². The second kappa shape index (κ2) is 6.86. The molecule has 1 spiro atoms. The average Bonchev–Trinajstić information content (AvgIpc) is 3.15. The first kappa shape index (κ1) is 16.2. The van der Waals surface area contributed by atoms with E-state index in [9.17, 15) is 0 Å². The zero-order valence-corrected chi connectivity index (χ0v) is 14.3. The van der Waals surface area contributed by atoms with Gasteiger partial charge in [0.1, 0.15) is 6.10 Å². The standard InChI is InChI=1S/C16H27N5O2/c1-4-22-12(2)14-19-13(23-20-14)10-18-15(17-3)21-9-8-16(11-21)6-5-7-16/h12H,4-11H2,1-3H3,(H,17,18). The van der Waals surface area contributed by atoms with Crippen LogP contribution in [0.15, 0.2) is 9.52 Å². The lowest BCUT2D eigenvalue weighted by atomic mass is 9.68. The zero-order chi connectivity index (χ0) is 16.3. The molecule has 0 aromatic carbocycles. The topological polar surface area (TPSA) is 75.8 Å². The molecule has 3 rings (SSSR count). The molecule has 0 amide bonds. The average molecular weight is 321 g/mol. The minimum atomic E-state index is -0.145. The summed E-state index contributed by atoms with van der Waals surface area (Å²) < 4.78 is 10.8. The molecule has 2 heterocycles. The molecule has 2 fully saturated rings. The van der Waals surface area contributed by atoms with Gasteiger partial charge in [0.2, 0.25) is 5.89 Å². The Morgan fingerprint density at radius 2 is 2.30 bits per heavy atom.